The summed E-state index contributed by atoms with van der Waals surface area (Å²) in [7, 11) is 0. The Morgan fingerprint density at radius 2 is 2.17 bits per heavy atom. The van der Waals surface area contributed by atoms with E-state index in [4.69, 9.17) is 0 Å². The minimum absolute atomic E-state index is 0.267. The van der Waals surface area contributed by atoms with Crippen molar-refractivity contribution in [1.29, 1.82) is 0 Å². The first kappa shape index (κ1) is 10.7. The molecule has 6 nitrogen and oxygen atoms in total. The molecule has 0 heterocycles. The van der Waals surface area contributed by atoms with Crippen molar-refractivity contribution in [3.63, 3.8) is 0 Å². The number of esters is 1. The molecular formula is C6H12N2O4. The number of hydrogen-bond acceptors (Lipinski definition) is 4. The van der Waals surface area contributed by atoms with Crippen LogP contribution in [0, 0.1) is 0 Å². The second-order valence-electron chi connectivity index (χ2n) is 1.98. The molecule has 2 amide bonds. The van der Waals surface area contributed by atoms with Crippen molar-refractivity contribution >= 4 is 12.0 Å². The summed E-state index contributed by atoms with van der Waals surface area (Å²) in [6.45, 7) is 3.38. The van der Waals surface area contributed by atoms with Gasteiger partial charge in [0.1, 0.15) is 0 Å². The second kappa shape index (κ2) is 5.36. The summed E-state index contributed by atoms with van der Waals surface area (Å²) >= 11 is 0. The van der Waals surface area contributed by atoms with Crippen molar-refractivity contribution < 1.29 is 19.2 Å². The summed E-state index contributed by atoms with van der Waals surface area (Å²) in [6, 6.07) is -0.855. The highest BCUT2D eigenvalue weighted by Crippen LogP contribution is 1.91. The topological polar surface area (TPSA) is 90.7 Å². The van der Waals surface area contributed by atoms with Gasteiger partial charge in [-0.05, 0) is 13.8 Å². The zero-order chi connectivity index (χ0) is 9.56. The van der Waals surface area contributed by atoms with Crippen molar-refractivity contribution in [1.82, 2.24) is 5.48 Å². The van der Waals surface area contributed by atoms with E-state index < -0.39 is 18.1 Å². The lowest BCUT2D eigenvalue weighted by atomic mass is 10.4. The van der Waals surface area contributed by atoms with Gasteiger partial charge in [-0.3, -0.25) is 4.84 Å². The number of nitrogens with two attached hydrogens (primary N) is 1. The maximum absolute atomic E-state index is 10.8. The van der Waals surface area contributed by atoms with Crippen molar-refractivity contribution in [2.45, 2.75) is 20.0 Å². The summed E-state index contributed by atoms with van der Waals surface area (Å²) in [5, 5.41) is 0. The number of hydroxylamine groups is 1. The third kappa shape index (κ3) is 4.51. The number of carbonyl (C=O) groups excluding carboxylic acids is 2. The van der Waals surface area contributed by atoms with Gasteiger partial charge in [0.15, 0.2) is 6.10 Å². The van der Waals surface area contributed by atoms with E-state index in [9.17, 15) is 9.59 Å². The Balaban J connectivity index is 3.63. The van der Waals surface area contributed by atoms with Crippen LogP contribution in [-0.4, -0.2) is 24.7 Å². The number of hydrogen-bond donors (Lipinski definition) is 2. The maximum atomic E-state index is 10.8. The smallest absolute Gasteiger partial charge is 0.337 e. The molecule has 0 fully saturated rings. The van der Waals surface area contributed by atoms with Gasteiger partial charge in [-0.2, -0.15) is 0 Å². The molecule has 0 saturated carbocycles. The van der Waals surface area contributed by atoms with Gasteiger partial charge in [0.25, 0.3) is 0 Å². The predicted molar refractivity (Wildman–Crippen MR) is 39.9 cm³/mol. The van der Waals surface area contributed by atoms with Crippen molar-refractivity contribution in [2.75, 3.05) is 6.61 Å². The number of urea groups is 1. The second-order valence-corrected chi connectivity index (χ2v) is 1.98. The third-order valence-electron chi connectivity index (χ3n) is 0.955. The van der Waals surface area contributed by atoms with E-state index in [1.54, 1.807) is 6.92 Å². The van der Waals surface area contributed by atoms with Crippen LogP contribution >= 0.6 is 0 Å². The van der Waals surface area contributed by atoms with Crippen LogP contribution < -0.4 is 11.2 Å². The van der Waals surface area contributed by atoms with Crippen LogP contribution in [0.3, 0.4) is 0 Å². The molecule has 1 atom stereocenters. The SMILES string of the molecule is CCOC(=O)C(C)ONC(N)=O. The zero-order valence-corrected chi connectivity index (χ0v) is 6.99. The Labute approximate surface area is 70.0 Å². The molecule has 0 rings (SSSR count). The number of nitrogens with one attached hydrogen (secondary N) is 1. The Morgan fingerprint density at radius 1 is 1.58 bits per heavy atom. The minimum Gasteiger partial charge on any atom is -0.464 e. The van der Waals surface area contributed by atoms with Gasteiger partial charge >= 0.3 is 12.0 Å². The average molecular weight is 176 g/mol. The summed E-state index contributed by atoms with van der Waals surface area (Å²) in [5.41, 5.74) is 6.51. The molecule has 0 aliphatic rings. The molecule has 0 aromatic heterocycles. The molecule has 70 valence electrons. The minimum atomic E-state index is -0.855. The summed E-state index contributed by atoms with van der Waals surface area (Å²) in [4.78, 5) is 25.5. The predicted octanol–water partition coefficient (Wildman–Crippen LogP) is -0.462. The lowest BCUT2D eigenvalue weighted by molar-refractivity contribution is -0.158. The largest absolute Gasteiger partial charge is 0.464 e. The fourth-order valence-corrected chi connectivity index (χ4v) is 0.454. The van der Waals surface area contributed by atoms with Crippen molar-refractivity contribution in [2.24, 2.45) is 5.73 Å². The molecule has 0 radical (unpaired) electrons. The molecule has 6 heteroatoms. The van der Waals surface area contributed by atoms with Gasteiger partial charge in [0.2, 0.25) is 0 Å². The number of primary amides is 1. The highest BCUT2D eigenvalue weighted by molar-refractivity contribution is 5.75. The van der Waals surface area contributed by atoms with Gasteiger partial charge in [-0.1, -0.05) is 0 Å². The first-order chi connectivity index (χ1) is 5.57. The van der Waals surface area contributed by atoms with Crippen LogP contribution in [0.4, 0.5) is 4.79 Å². The number of carbonyl (C=O) groups is 2. The van der Waals surface area contributed by atoms with E-state index in [1.165, 1.54) is 6.92 Å². The molecule has 0 spiro atoms. The molecule has 0 aromatic carbocycles. The molecular weight excluding hydrogens is 164 g/mol. The highest BCUT2D eigenvalue weighted by Gasteiger charge is 2.14. The summed E-state index contributed by atoms with van der Waals surface area (Å²) in [5.74, 6) is -0.550. The first-order valence-electron chi connectivity index (χ1n) is 3.45. The van der Waals surface area contributed by atoms with E-state index in [-0.39, 0.29) is 6.61 Å². The quantitative estimate of drug-likeness (QED) is 0.448. The lowest BCUT2D eigenvalue weighted by Gasteiger charge is -2.09. The van der Waals surface area contributed by atoms with Gasteiger partial charge in [-0.15, -0.1) is 0 Å². The number of ether oxygens (including phenoxy) is 1. The van der Waals surface area contributed by atoms with E-state index in [0.717, 1.165) is 0 Å². The molecule has 1 unspecified atom stereocenters. The van der Waals surface area contributed by atoms with Crippen LogP contribution in [0.2, 0.25) is 0 Å². The monoisotopic (exact) mass is 176 g/mol. The molecule has 0 aromatic rings. The molecule has 0 bridgehead atoms. The van der Waals surface area contributed by atoms with E-state index >= 15 is 0 Å². The Morgan fingerprint density at radius 3 is 2.58 bits per heavy atom. The molecule has 3 N–H and O–H groups in total. The van der Waals surface area contributed by atoms with Crippen LogP contribution in [0.15, 0.2) is 0 Å². The van der Waals surface area contributed by atoms with Gasteiger partial charge in [0, 0.05) is 0 Å². The van der Waals surface area contributed by atoms with Crippen molar-refractivity contribution in [3.05, 3.63) is 0 Å². The molecule has 12 heavy (non-hydrogen) atoms. The van der Waals surface area contributed by atoms with Crippen LogP contribution in [-0.2, 0) is 14.4 Å². The normalized spacial score (nSPS) is 11.8. The van der Waals surface area contributed by atoms with Gasteiger partial charge < -0.3 is 10.5 Å². The lowest BCUT2D eigenvalue weighted by Crippen LogP contribution is -2.36. The summed E-state index contributed by atoms with van der Waals surface area (Å²) in [6.07, 6.45) is -0.850. The van der Waals surface area contributed by atoms with E-state index in [2.05, 4.69) is 15.3 Å². The average Bonchev–Trinajstić information content (AvgIpc) is 2.00. The fourth-order valence-electron chi connectivity index (χ4n) is 0.454. The number of amides is 2. The Kier molecular flexibility index (Phi) is 4.78. The Hall–Kier alpha value is -1.30. The Bertz CT molecular complexity index is 171. The van der Waals surface area contributed by atoms with Crippen LogP contribution in [0.25, 0.3) is 0 Å². The highest BCUT2D eigenvalue weighted by atomic mass is 16.7. The first-order valence-corrected chi connectivity index (χ1v) is 3.45. The van der Waals surface area contributed by atoms with Crippen LogP contribution in [0.1, 0.15) is 13.8 Å². The van der Waals surface area contributed by atoms with Gasteiger partial charge in [-0.25, -0.2) is 15.1 Å². The number of rotatable bonds is 4. The standard InChI is InChI=1S/C6H12N2O4/c1-3-11-5(9)4(2)12-8-6(7)10/h4H,3H2,1-2H3,(H3,7,8,10). The van der Waals surface area contributed by atoms with E-state index in [0.29, 0.717) is 0 Å². The van der Waals surface area contributed by atoms with Crippen LogP contribution in [0.5, 0.6) is 0 Å². The van der Waals surface area contributed by atoms with Gasteiger partial charge in [0.05, 0.1) is 6.61 Å². The molecule has 0 aliphatic carbocycles. The maximum Gasteiger partial charge on any atom is 0.337 e. The fraction of sp³-hybridized carbons (Fsp3) is 0.667. The molecule has 0 aliphatic heterocycles. The third-order valence-corrected chi connectivity index (χ3v) is 0.955. The zero-order valence-electron chi connectivity index (χ0n) is 6.99. The summed E-state index contributed by atoms with van der Waals surface area (Å²) < 4.78 is 4.58. The molecule has 0 saturated heterocycles. The van der Waals surface area contributed by atoms with E-state index in [1.807, 2.05) is 5.48 Å². The van der Waals surface area contributed by atoms with Crippen molar-refractivity contribution in [3.8, 4) is 0 Å².